The summed E-state index contributed by atoms with van der Waals surface area (Å²) >= 11 is 0. The zero-order chi connectivity index (χ0) is 15.6. The van der Waals surface area contributed by atoms with Gasteiger partial charge >= 0.3 is 0 Å². The molecule has 1 fully saturated rings. The number of rotatable bonds is 4. The van der Waals surface area contributed by atoms with Gasteiger partial charge in [-0.25, -0.2) is 21.9 Å². The van der Waals surface area contributed by atoms with Crippen molar-refractivity contribution in [3.05, 3.63) is 29.3 Å². The summed E-state index contributed by atoms with van der Waals surface area (Å²) in [5.41, 5.74) is -0.638. The van der Waals surface area contributed by atoms with E-state index in [2.05, 4.69) is 9.62 Å². The highest BCUT2D eigenvalue weighted by atomic mass is 32.2. The SMILES string of the molecule is CN1CCC(NS(=O)(=O)c2ccc(F)c(CO)c2F)CC1. The molecule has 0 bridgehead atoms. The van der Waals surface area contributed by atoms with E-state index >= 15 is 0 Å². The zero-order valence-corrected chi connectivity index (χ0v) is 12.5. The highest BCUT2D eigenvalue weighted by Gasteiger charge is 2.27. The van der Waals surface area contributed by atoms with Gasteiger partial charge < -0.3 is 10.0 Å². The Balaban J connectivity index is 2.24. The van der Waals surface area contributed by atoms with Crippen LogP contribution in [0, 0.1) is 11.6 Å². The Kier molecular flexibility index (Phi) is 4.92. The van der Waals surface area contributed by atoms with Gasteiger partial charge in [0.15, 0.2) is 5.82 Å². The molecule has 21 heavy (non-hydrogen) atoms. The average molecular weight is 320 g/mol. The van der Waals surface area contributed by atoms with Gasteiger partial charge in [0, 0.05) is 6.04 Å². The van der Waals surface area contributed by atoms with Gasteiger partial charge in [0.1, 0.15) is 10.7 Å². The molecule has 0 aliphatic carbocycles. The Bertz CT molecular complexity index is 614. The van der Waals surface area contributed by atoms with E-state index in [-0.39, 0.29) is 6.04 Å². The van der Waals surface area contributed by atoms with Crippen LogP contribution in [0.4, 0.5) is 8.78 Å². The Labute approximate surface area is 122 Å². The number of piperidine rings is 1. The molecule has 1 aromatic rings. The van der Waals surface area contributed by atoms with Gasteiger partial charge in [0.05, 0.1) is 12.2 Å². The summed E-state index contributed by atoms with van der Waals surface area (Å²) in [6.45, 7) is 0.608. The lowest BCUT2D eigenvalue weighted by Gasteiger charge is -2.29. The van der Waals surface area contributed by atoms with Crippen molar-refractivity contribution in [1.82, 2.24) is 9.62 Å². The van der Waals surface area contributed by atoms with E-state index < -0.39 is 38.7 Å². The maximum absolute atomic E-state index is 14.0. The molecule has 8 heteroatoms. The van der Waals surface area contributed by atoms with E-state index in [1.807, 2.05) is 7.05 Å². The predicted molar refractivity (Wildman–Crippen MR) is 73.1 cm³/mol. The summed E-state index contributed by atoms with van der Waals surface area (Å²) in [5, 5.41) is 8.94. The van der Waals surface area contributed by atoms with Crippen LogP contribution in [-0.4, -0.2) is 44.6 Å². The van der Waals surface area contributed by atoms with E-state index in [4.69, 9.17) is 5.11 Å². The number of benzene rings is 1. The van der Waals surface area contributed by atoms with Gasteiger partial charge in [0.2, 0.25) is 10.0 Å². The molecule has 1 saturated heterocycles. The summed E-state index contributed by atoms with van der Waals surface area (Å²) in [5.74, 6) is -2.20. The van der Waals surface area contributed by atoms with Gasteiger partial charge in [-0.2, -0.15) is 0 Å². The Morgan fingerprint density at radius 1 is 1.33 bits per heavy atom. The van der Waals surface area contributed by atoms with Crippen molar-refractivity contribution in [2.45, 2.75) is 30.4 Å². The number of hydrogen-bond donors (Lipinski definition) is 2. The maximum Gasteiger partial charge on any atom is 0.243 e. The van der Waals surface area contributed by atoms with E-state index in [1.165, 1.54) is 0 Å². The quantitative estimate of drug-likeness (QED) is 0.862. The molecule has 0 saturated carbocycles. The fraction of sp³-hybridized carbons (Fsp3) is 0.538. The van der Waals surface area contributed by atoms with Crippen LogP contribution in [0.2, 0.25) is 0 Å². The lowest BCUT2D eigenvalue weighted by Crippen LogP contribution is -2.43. The van der Waals surface area contributed by atoms with Crippen molar-refractivity contribution in [2.75, 3.05) is 20.1 Å². The number of nitrogens with one attached hydrogen (secondary N) is 1. The van der Waals surface area contributed by atoms with Crippen LogP contribution < -0.4 is 4.72 Å². The number of hydrogen-bond acceptors (Lipinski definition) is 4. The molecule has 0 unspecified atom stereocenters. The smallest absolute Gasteiger partial charge is 0.243 e. The first-order chi connectivity index (χ1) is 9.85. The summed E-state index contributed by atoms with van der Waals surface area (Å²) in [7, 11) is -2.14. The third kappa shape index (κ3) is 3.57. The van der Waals surface area contributed by atoms with Crippen LogP contribution in [-0.2, 0) is 16.6 Å². The second-order valence-electron chi connectivity index (χ2n) is 5.20. The van der Waals surface area contributed by atoms with Crippen LogP contribution in [0.15, 0.2) is 17.0 Å². The summed E-state index contributed by atoms with van der Waals surface area (Å²) in [6, 6.07) is 1.45. The van der Waals surface area contributed by atoms with E-state index in [1.54, 1.807) is 0 Å². The standard InChI is InChI=1S/C13H18F2N2O3S/c1-17-6-4-9(5-7-17)16-21(19,20)12-3-2-11(14)10(8-18)13(12)15/h2-3,9,16,18H,4-8H2,1H3. The monoisotopic (exact) mass is 320 g/mol. The molecular formula is C13H18F2N2O3S. The maximum atomic E-state index is 14.0. The largest absolute Gasteiger partial charge is 0.391 e. The molecule has 0 spiro atoms. The first kappa shape index (κ1) is 16.3. The highest BCUT2D eigenvalue weighted by molar-refractivity contribution is 7.89. The third-order valence-electron chi connectivity index (χ3n) is 3.64. The summed E-state index contributed by atoms with van der Waals surface area (Å²) in [4.78, 5) is 1.44. The van der Waals surface area contributed by atoms with Crippen molar-refractivity contribution in [2.24, 2.45) is 0 Å². The molecule has 118 valence electrons. The molecule has 2 N–H and O–H groups in total. The minimum Gasteiger partial charge on any atom is -0.391 e. The topological polar surface area (TPSA) is 69.6 Å². The number of likely N-dealkylation sites (tertiary alicyclic amines) is 1. The molecule has 0 radical (unpaired) electrons. The van der Waals surface area contributed by atoms with Gasteiger partial charge in [-0.15, -0.1) is 0 Å². The van der Waals surface area contributed by atoms with Gasteiger partial charge in [-0.1, -0.05) is 0 Å². The van der Waals surface area contributed by atoms with Gasteiger partial charge in [-0.05, 0) is 45.1 Å². The van der Waals surface area contributed by atoms with Gasteiger partial charge in [-0.3, -0.25) is 0 Å². The Morgan fingerprint density at radius 2 is 1.95 bits per heavy atom. The average Bonchev–Trinajstić information content (AvgIpc) is 2.41. The van der Waals surface area contributed by atoms with Crippen LogP contribution in [0.1, 0.15) is 18.4 Å². The van der Waals surface area contributed by atoms with E-state index in [9.17, 15) is 17.2 Å². The lowest BCUT2D eigenvalue weighted by atomic mass is 10.1. The first-order valence-corrected chi connectivity index (χ1v) is 8.12. The first-order valence-electron chi connectivity index (χ1n) is 6.63. The van der Waals surface area contributed by atoms with E-state index in [0.29, 0.717) is 12.8 Å². The molecule has 1 aliphatic heterocycles. The Hall–Kier alpha value is -1.09. The fourth-order valence-corrected chi connectivity index (χ4v) is 3.75. The second-order valence-corrected chi connectivity index (χ2v) is 6.88. The number of nitrogens with zero attached hydrogens (tertiary/aromatic N) is 1. The Morgan fingerprint density at radius 3 is 2.52 bits per heavy atom. The molecule has 0 aromatic heterocycles. The summed E-state index contributed by atoms with van der Waals surface area (Å²) in [6.07, 6.45) is 1.26. The number of aliphatic hydroxyl groups is 1. The molecule has 5 nitrogen and oxygen atoms in total. The minimum atomic E-state index is -4.08. The highest BCUT2D eigenvalue weighted by Crippen LogP contribution is 2.22. The second kappa shape index (κ2) is 6.35. The van der Waals surface area contributed by atoms with Crippen LogP contribution in [0.25, 0.3) is 0 Å². The zero-order valence-electron chi connectivity index (χ0n) is 11.6. The molecule has 2 rings (SSSR count). The molecule has 0 atom stereocenters. The number of halogens is 2. The van der Waals surface area contributed by atoms with Crippen LogP contribution in [0.3, 0.4) is 0 Å². The number of aliphatic hydroxyl groups excluding tert-OH is 1. The molecule has 1 aliphatic rings. The summed E-state index contributed by atoms with van der Waals surface area (Å²) < 4.78 is 54.2. The van der Waals surface area contributed by atoms with Crippen molar-refractivity contribution >= 4 is 10.0 Å². The van der Waals surface area contributed by atoms with Crippen molar-refractivity contribution < 1.29 is 22.3 Å². The number of sulfonamides is 1. The molecule has 0 amide bonds. The van der Waals surface area contributed by atoms with Crippen molar-refractivity contribution in [1.29, 1.82) is 0 Å². The van der Waals surface area contributed by atoms with Gasteiger partial charge in [0.25, 0.3) is 0 Å². The third-order valence-corrected chi connectivity index (χ3v) is 5.18. The van der Waals surface area contributed by atoms with Crippen LogP contribution in [0.5, 0.6) is 0 Å². The lowest BCUT2D eigenvalue weighted by molar-refractivity contribution is 0.248. The molecule has 1 heterocycles. The molecule has 1 aromatic carbocycles. The fourth-order valence-electron chi connectivity index (χ4n) is 2.34. The van der Waals surface area contributed by atoms with Crippen LogP contribution >= 0.6 is 0 Å². The van der Waals surface area contributed by atoms with E-state index in [0.717, 1.165) is 25.2 Å². The minimum absolute atomic E-state index is 0.270. The van der Waals surface area contributed by atoms with Crippen molar-refractivity contribution in [3.63, 3.8) is 0 Å². The molecular weight excluding hydrogens is 302 g/mol. The van der Waals surface area contributed by atoms with Crippen molar-refractivity contribution in [3.8, 4) is 0 Å². The normalized spacial score (nSPS) is 18.1. The predicted octanol–water partition coefficient (Wildman–Crippen LogP) is 0.830.